The lowest BCUT2D eigenvalue weighted by Crippen LogP contribution is -2.37. The van der Waals surface area contributed by atoms with Gasteiger partial charge in [0.25, 0.3) is 11.8 Å². The van der Waals surface area contributed by atoms with Gasteiger partial charge in [0, 0.05) is 6.61 Å². The highest BCUT2D eigenvalue weighted by atomic mass is 16.7. The van der Waals surface area contributed by atoms with Gasteiger partial charge >= 0.3 is 5.97 Å². The third kappa shape index (κ3) is 6.39. The molecule has 47 heavy (non-hydrogen) atoms. The lowest BCUT2D eigenvalue weighted by Gasteiger charge is -2.44. The standard InChI is InChI=1S/C41H43NO5/c1-4-23-40(27-29(2)26-30(3)28-40)24-25-46-41(32-13-7-5-8-14-32,33-15-9-6-10-16-33)34-21-19-31(20-22-34)39(45)47-42-37(43)35-17-11-12-18-36(35)38(42)44/h5-22,29-30H,4,23-28H2,1-3H3/t29-,30?,40?/m1/s1. The summed E-state index contributed by atoms with van der Waals surface area (Å²) in [6.07, 6.45) is 7.05. The van der Waals surface area contributed by atoms with Crippen LogP contribution in [0.2, 0.25) is 0 Å². The smallest absolute Gasteiger partial charge is 0.361 e. The quantitative estimate of drug-likeness (QED) is 0.122. The number of carbonyl (C=O) groups excluding carboxylic acids is 3. The van der Waals surface area contributed by atoms with Gasteiger partial charge in [-0.05, 0) is 90.3 Å². The van der Waals surface area contributed by atoms with Gasteiger partial charge in [-0.15, -0.1) is 0 Å². The number of ether oxygens (including phenoxy) is 1. The minimum Gasteiger partial charge on any atom is -0.361 e. The molecule has 1 saturated carbocycles. The highest BCUT2D eigenvalue weighted by molar-refractivity contribution is 6.21. The first-order valence-electron chi connectivity index (χ1n) is 16.8. The van der Waals surface area contributed by atoms with Crippen molar-refractivity contribution in [2.45, 2.75) is 64.9 Å². The average molecular weight is 630 g/mol. The van der Waals surface area contributed by atoms with Crippen LogP contribution in [-0.4, -0.2) is 29.5 Å². The van der Waals surface area contributed by atoms with Crippen molar-refractivity contribution in [1.82, 2.24) is 5.06 Å². The van der Waals surface area contributed by atoms with Crippen molar-refractivity contribution in [3.8, 4) is 0 Å². The molecule has 242 valence electrons. The summed E-state index contributed by atoms with van der Waals surface area (Å²) in [5.41, 5.74) is 2.80. The fourth-order valence-electron chi connectivity index (χ4n) is 8.22. The zero-order valence-corrected chi connectivity index (χ0v) is 27.5. The predicted octanol–water partition coefficient (Wildman–Crippen LogP) is 9.00. The number of hydrogen-bond acceptors (Lipinski definition) is 5. The number of amides is 2. The second-order valence-corrected chi connectivity index (χ2v) is 13.5. The van der Waals surface area contributed by atoms with E-state index < -0.39 is 23.4 Å². The molecule has 2 amide bonds. The molecule has 4 aromatic carbocycles. The monoisotopic (exact) mass is 629 g/mol. The second-order valence-electron chi connectivity index (χ2n) is 13.5. The maximum Gasteiger partial charge on any atom is 0.363 e. The van der Waals surface area contributed by atoms with Crippen LogP contribution in [0.5, 0.6) is 0 Å². The van der Waals surface area contributed by atoms with Gasteiger partial charge in [-0.3, -0.25) is 9.59 Å². The number of carbonyl (C=O) groups is 3. The van der Waals surface area contributed by atoms with E-state index in [-0.39, 0.29) is 22.1 Å². The van der Waals surface area contributed by atoms with Crippen LogP contribution in [0.15, 0.2) is 109 Å². The van der Waals surface area contributed by atoms with Crippen molar-refractivity contribution in [3.05, 3.63) is 143 Å². The van der Waals surface area contributed by atoms with Crippen LogP contribution >= 0.6 is 0 Å². The number of imide groups is 1. The number of hydroxylamine groups is 2. The Balaban J connectivity index is 1.31. The molecule has 0 saturated heterocycles. The van der Waals surface area contributed by atoms with E-state index in [4.69, 9.17) is 9.57 Å². The highest BCUT2D eigenvalue weighted by Gasteiger charge is 2.42. The Morgan fingerprint density at radius 1 is 0.723 bits per heavy atom. The second kappa shape index (κ2) is 13.7. The summed E-state index contributed by atoms with van der Waals surface area (Å²) in [5.74, 6) is -0.701. The normalized spacial score (nSPS) is 21.0. The molecule has 0 radical (unpaired) electrons. The zero-order chi connectivity index (χ0) is 33.0. The van der Waals surface area contributed by atoms with Crippen molar-refractivity contribution in [3.63, 3.8) is 0 Å². The van der Waals surface area contributed by atoms with Crippen molar-refractivity contribution >= 4 is 17.8 Å². The molecule has 6 heteroatoms. The van der Waals surface area contributed by atoms with Gasteiger partial charge in [-0.1, -0.05) is 117 Å². The van der Waals surface area contributed by atoms with E-state index in [9.17, 15) is 14.4 Å². The van der Waals surface area contributed by atoms with Crippen molar-refractivity contribution < 1.29 is 24.0 Å². The largest absolute Gasteiger partial charge is 0.363 e. The Morgan fingerprint density at radius 2 is 1.21 bits per heavy atom. The van der Waals surface area contributed by atoms with E-state index in [1.54, 1.807) is 36.4 Å². The number of fused-ring (bicyclic) bond motifs is 1. The molecule has 1 aliphatic heterocycles. The van der Waals surface area contributed by atoms with E-state index in [1.807, 2.05) is 48.5 Å². The number of benzene rings is 4. The first-order valence-corrected chi connectivity index (χ1v) is 16.8. The molecular formula is C41H43NO5. The summed E-state index contributed by atoms with van der Waals surface area (Å²) in [7, 11) is 0. The van der Waals surface area contributed by atoms with Crippen LogP contribution in [0, 0.1) is 17.3 Å². The summed E-state index contributed by atoms with van der Waals surface area (Å²) in [6.45, 7) is 7.64. The SMILES string of the molecule is CCCC1(CCOC(c2ccccc2)(c2ccccc2)c2ccc(C(=O)ON3C(=O)c4ccccc4C3=O)cc2)CC(C)C[C@@H](C)C1. The molecule has 2 unspecified atom stereocenters. The molecule has 0 N–H and O–H groups in total. The predicted molar refractivity (Wildman–Crippen MR) is 182 cm³/mol. The molecule has 6 rings (SSSR count). The van der Waals surface area contributed by atoms with Crippen molar-refractivity contribution in [1.29, 1.82) is 0 Å². The molecule has 0 spiro atoms. The lowest BCUT2D eigenvalue weighted by atomic mass is 9.63. The summed E-state index contributed by atoms with van der Waals surface area (Å²) in [5, 5.41) is 0.543. The maximum atomic E-state index is 13.2. The fraction of sp³-hybridized carbons (Fsp3) is 0.341. The molecule has 1 fully saturated rings. The molecule has 1 heterocycles. The van der Waals surface area contributed by atoms with Crippen LogP contribution in [0.4, 0.5) is 0 Å². The summed E-state index contributed by atoms with van der Waals surface area (Å²) in [6, 6.07) is 34.0. The van der Waals surface area contributed by atoms with E-state index in [1.165, 1.54) is 25.7 Å². The van der Waals surface area contributed by atoms with E-state index in [0.29, 0.717) is 23.5 Å². The summed E-state index contributed by atoms with van der Waals surface area (Å²) < 4.78 is 7.19. The number of hydrogen-bond donors (Lipinski definition) is 0. The Morgan fingerprint density at radius 3 is 1.72 bits per heavy atom. The van der Waals surface area contributed by atoms with Crippen LogP contribution < -0.4 is 0 Å². The Labute approximate surface area is 277 Å². The minimum atomic E-state index is -0.938. The fourth-order valence-corrected chi connectivity index (χ4v) is 8.22. The maximum absolute atomic E-state index is 13.2. The van der Waals surface area contributed by atoms with Gasteiger partial charge in [0.05, 0.1) is 16.7 Å². The van der Waals surface area contributed by atoms with Gasteiger partial charge in [0.2, 0.25) is 0 Å². The van der Waals surface area contributed by atoms with E-state index in [0.717, 1.165) is 29.5 Å². The molecule has 2 aliphatic rings. The van der Waals surface area contributed by atoms with Gasteiger partial charge in [0.1, 0.15) is 5.60 Å². The number of nitrogens with zero attached hydrogens (tertiary/aromatic N) is 1. The first-order chi connectivity index (χ1) is 22.8. The average Bonchev–Trinajstić information content (AvgIpc) is 3.32. The third-order valence-electron chi connectivity index (χ3n) is 9.92. The van der Waals surface area contributed by atoms with Crippen LogP contribution in [0.3, 0.4) is 0 Å². The van der Waals surface area contributed by atoms with Crippen LogP contribution in [-0.2, 0) is 15.2 Å². The number of rotatable bonds is 11. The van der Waals surface area contributed by atoms with Gasteiger partial charge in [-0.2, -0.15) is 0 Å². The Kier molecular flexibility index (Phi) is 9.42. The molecule has 4 aromatic rings. The Bertz CT molecular complexity index is 1630. The molecule has 0 aromatic heterocycles. The third-order valence-corrected chi connectivity index (χ3v) is 9.92. The van der Waals surface area contributed by atoms with Crippen molar-refractivity contribution in [2.75, 3.05) is 6.61 Å². The van der Waals surface area contributed by atoms with E-state index >= 15 is 0 Å². The van der Waals surface area contributed by atoms with Gasteiger partial charge < -0.3 is 9.57 Å². The molecular weight excluding hydrogens is 586 g/mol. The van der Waals surface area contributed by atoms with E-state index in [2.05, 4.69) is 45.0 Å². The summed E-state index contributed by atoms with van der Waals surface area (Å²) >= 11 is 0. The summed E-state index contributed by atoms with van der Waals surface area (Å²) in [4.78, 5) is 44.2. The molecule has 3 atom stereocenters. The Hall–Kier alpha value is -4.55. The first kappa shape index (κ1) is 32.4. The van der Waals surface area contributed by atoms with Gasteiger partial charge in [-0.25, -0.2) is 4.79 Å². The van der Waals surface area contributed by atoms with Crippen LogP contribution in [0.25, 0.3) is 0 Å². The lowest BCUT2D eigenvalue weighted by molar-refractivity contribution is -0.0584. The highest BCUT2D eigenvalue weighted by Crippen LogP contribution is 2.49. The molecule has 0 bridgehead atoms. The topological polar surface area (TPSA) is 72.9 Å². The minimum absolute atomic E-state index is 0.214. The van der Waals surface area contributed by atoms with Gasteiger partial charge in [0.15, 0.2) is 0 Å². The molecule has 6 nitrogen and oxygen atoms in total. The zero-order valence-electron chi connectivity index (χ0n) is 27.5. The van der Waals surface area contributed by atoms with Crippen LogP contribution in [0.1, 0.15) is 107 Å². The van der Waals surface area contributed by atoms with Crippen molar-refractivity contribution in [2.24, 2.45) is 17.3 Å². The molecule has 1 aliphatic carbocycles.